The third-order valence-electron chi connectivity index (χ3n) is 6.95. The Bertz CT molecular complexity index is 1050. The first-order chi connectivity index (χ1) is 19.8. The average molecular weight is 693 g/mol. The highest BCUT2D eigenvalue weighted by molar-refractivity contribution is 7.80. The molecule has 17 N–H and O–H groups in total. The summed E-state index contributed by atoms with van der Waals surface area (Å²) in [5, 5.41) is 65.2. The summed E-state index contributed by atoms with van der Waals surface area (Å²) in [6, 6.07) is -3.47. The Morgan fingerprint density at radius 2 is 1.27 bits per heavy atom. The highest BCUT2D eigenvalue weighted by atomic mass is 32.3. The van der Waals surface area contributed by atoms with Crippen LogP contribution < -0.4 is 22.5 Å². The molecule has 0 aromatic heterocycles. The second-order valence-corrected chi connectivity index (χ2v) is 12.5. The van der Waals surface area contributed by atoms with Crippen molar-refractivity contribution in [3.63, 3.8) is 0 Å². The van der Waals surface area contributed by atoms with Gasteiger partial charge in [0.1, 0.15) is 48.3 Å². The van der Waals surface area contributed by atoms with Crippen LogP contribution in [0.15, 0.2) is 0 Å². The summed E-state index contributed by atoms with van der Waals surface area (Å²) in [7, 11) is -7.76. The Morgan fingerprint density at radius 1 is 0.841 bits per heavy atom. The maximum Gasteiger partial charge on any atom is 0.394 e. The van der Waals surface area contributed by atoms with Crippen LogP contribution >= 0.6 is 0 Å². The van der Waals surface area contributed by atoms with Crippen molar-refractivity contribution >= 4 is 20.8 Å². The molecule has 0 bridgehead atoms. The molecule has 15 atom stereocenters. The fourth-order valence-electron chi connectivity index (χ4n) is 4.95. The molecular weight excluding hydrogens is 648 g/mol. The van der Waals surface area contributed by atoms with E-state index in [9.17, 15) is 30.6 Å². The van der Waals surface area contributed by atoms with Gasteiger partial charge in [-0.15, -0.1) is 0 Å². The van der Waals surface area contributed by atoms with Crippen molar-refractivity contribution in [1.82, 2.24) is 5.32 Å². The van der Waals surface area contributed by atoms with E-state index in [-0.39, 0.29) is 13.0 Å². The van der Waals surface area contributed by atoms with E-state index in [1.807, 2.05) is 0 Å². The van der Waals surface area contributed by atoms with E-state index >= 15 is 0 Å². The molecule has 0 aromatic carbocycles. The van der Waals surface area contributed by atoms with Gasteiger partial charge in [-0.05, 0) is 27.3 Å². The lowest BCUT2D eigenvalue weighted by Crippen LogP contribution is -2.69. The molecule has 0 radical (unpaired) electrons. The smallest absolute Gasteiger partial charge is 0.391 e. The number of nitrogens with one attached hydrogen (secondary N) is 1. The maximum absolute atomic E-state index is 11.1. The number of rotatable bonds is 6. The van der Waals surface area contributed by atoms with E-state index in [0.717, 1.165) is 0 Å². The van der Waals surface area contributed by atoms with Gasteiger partial charge in [0, 0.05) is 12.1 Å². The lowest BCUT2D eigenvalue weighted by Gasteiger charge is -2.49. The van der Waals surface area contributed by atoms with Gasteiger partial charge in [-0.25, -0.2) is 0 Å². The van der Waals surface area contributed by atoms with Gasteiger partial charge in [0.2, 0.25) is 0 Å². The van der Waals surface area contributed by atoms with E-state index in [1.54, 1.807) is 7.05 Å². The summed E-state index contributed by atoms with van der Waals surface area (Å²) in [4.78, 5) is 0. The monoisotopic (exact) mass is 692 g/mol. The average Bonchev–Trinajstić information content (AvgIpc) is 2.83. The zero-order valence-corrected chi connectivity index (χ0v) is 25.4. The summed E-state index contributed by atoms with van der Waals surface area (Å²) in [5.74, 6) is 0. The van der Waals surface area contributed by atoms with Gasteiger partial charge in [-0.2, -0.15) is 16.8 Å². The molecule has 264 valence electrons. The van der Waals surface area contributed by atoms with Gasteiger partial charge in [0.05, 0.1) is 24.8 Å². The molecular formula is C20H44N4O18S2. The normalized spacial score (nSPS) is 44.0. The van der Waals surface area contributed by atoms with Crippen molar-refractivity contribution < 1.29 is 84.6 Å². The highest BCUT2D eigenvalue weighted by Crippen LogP contribution is 2.32. The van der Waals surface area contributed by atoms with E-state index in [0.29, 0.717) is 0 Å². The summed E-state index contributed by atoms with van der Waals surface area (Å²) >= 11 is 0. The van der Waals surface area contributed by atoms with Crippen LogP contribution in [-0.4, -0.2) is 171 Å². The second-order valence-electron chi connectivity index (χ2n) is 10.7. The molecule has 3 rings (SSSR count). The molecule has 22 nitrogen and oxygen atoms in total. The van der Waals surface area contributed by atoms with E-state index in [2.05, 4.69) is 5.32 Å². The van der Waals surface area contributed by atoms with Crippen LogP contribution in [0.5, 0.6) is 0 Å². The summed E-state index contributed by atoms with van der Waals surface area (Å²) in [6.45, 7) is 2.75. The van der Waals surface area contributed by atoms with Crippen molar-refractivity contribution in [3.8, 4) is 0 Å². The zero-order valence-electron chi connectivity index (χ0n) is 23.8. The molecule has 2 aliphatic heterocycles. The van der Waals surface area contributed by atoms with Crippen molar-refractivity contribution in [2.75, 3.05) is 13.7 Å². The van der Waals surface area contributed by atoms with Crippen molar-refractivity contribution in [3.05, 3.63) is 0 Å². The van der Waals surface area contributed by atoms with Crippen molar-refractivity contribution in [1.29, 1.82) is 0 Å². The molecule has 0 amide bonds. The third kappa shape index (κ3) is 12.4. The van der Waals surface area contributed by atoms with E-state index < -0.39 is 112 Å². The van der Waals surface area contributed by atoms with E-state index in [1.165, 1.54) is 13.8 Å². The molecule has 3 fully saturated rings. The highest BCUT2D eigenvalue weighted by Gasteiger charge is 2.52. The summed E-state index contributed by atoms with van der Waals surface area (Å²) in [5.41, 5.74) is 17.0. The first kappa shape index (κ1) is 41.2. The number of ether oxygens (including phenoxy) is 4. The number of hydrogen-bond acceptors (Lipinski definition) is 18. The summed E-state index contributed by atoms with van der Waals surface area (Å²) in [6.07, 6.45) is -12.4. The molecule has 0 spiro atoms. The van der Waals surface area contributed by atoms with Crippen LogP contribution in [0, 0.1) is 0 Å². The molecule has 2 heterocycles. The number of likely N-dealkylation sites (N-methyl/N-ethyl adjacent to an activating group) is 1. The fourth-order valence-corrected chi connectivity index (χ4v) is 4.95. The SMILES string of the molecule is CN[C@H]1[C@H](O)[C@H](O[C@@H]2[C@@H](O)[C@H](O[C@H]3O[C@H]([C@@H](C)O)[C@@H](O)[C@H](O)[C@H]3N)[C@@H](N)C[C@H]2N)OC[C@@]1(C)O.O=S(=O)(O)O.O=S(=O)(O)O. The van der Waals surface area contributed by atoms with Gasteiger partial charge < -0.3 is 72.1 Å². The summed E-state index contributed by atoms with van der Waals surface area (Å²) < 4.78 is 85.9. The van der Waals surface area contributed by atoms with Gasteiger partial charge >= 0.3 is 20.8 Å². The Hall–Kier alpha value is -0.820. The van der Waals surface area contributed by atoms with Crippen LogP contribution in [0.25, 0.3) is 0 Å². The molecule has 2 saturated heterocycles. The Balaban J connectivity index is 0.000000837. The predicted molar refractivity (Wildman–Crippen MR) is 144 cm³/mol. The Labute approximate surface area is 253 Å². The molecule has 24 heteroatoms. The Morgan fingerprint density at radius 3 is 1.68 bits per heavy atom. The van der Waals surface area contributed by atoms with Gasteiger partial charge in [0.25, 0.3) is 0 Å². The number of aliphatic hydroxyl groups is 6. The minimum Gasteiger partial charge on any atom is -0.391 e. The van der Waals surface area contributed by atoms with Gasteiger partial charge in [-0.3, -0.25) is 18.2 Å². The first-order valence-corrected chi connectivity index (χ1v) is 15.6. The van der Waals surface area contributed by atoms with Crippen LogP contribution in [0.3, 0.4) is 0 Å². The topological polar surface area (TPSA) is 398 Å². The molecule has 44 heavy (non-hydrogen) atoms. The molecule has 1 saturated carbocycles. The van der Waals surface area contributed by atoms with E-state index in [4.69, 9.17) is 71.2 Å². The molecule has 0 unspecified atom stereocenters. The quantitative estimate of drug-likeness (QED) is 0.115. The largest absolute Gasteiger partial charge is 0.394 e. The fraction of sp³-hybridized carbons (Fsp3) is 1.00. The lowest BCUT2D eigenvalue weighted by molar-refractivity contribution is -0.319. The van der Waals surface area contributed by atoms with Crippen molar-refractivity contribution in [2.45, 2.75) is 111 Å². The minimum atomic E-state index is -4.67. The van der Waals surface area contributed by atoms with Gasteiger partial charge in [-0.1, -0.05) is 0 Å². The third-order valence-corrected chi connectivity index (χ3v) is 6.95. The molecule has 1 aliphatic carbocycles. The number of hydrogen-bond donors (Lipinski definition) is 14. The maximum atomic E-state index is 11.1. The molecule has 3 aliphatic rings. The number of aliphatic hydroxyl groups excluding tert-OH is 5. The second kappa shape index (κ2) is 16.3. The van der Waals surface area contributed by atoms with Crippen LogP contribution in [0.1, 0.15) is 20.3 Å². The van der Waals surface area contributed by atoms with Crippen molar-refractivity contribution in [2.24, 2.45) is 17.2 Å². The Kier molecular flexibility index (Phi) is 15.3. The standard InChI is InChI=1S/C20H40N4O10.2H2O4S/c1-6(25)14-11(27)10(26)9(23)18(32-14)33-15-7(21)4-8(22)16(12(15)28)34-19-13(29)17(24-3)20(2,30)5-31-19;2*1-5(2,3)4/h6-19,24-30H,4-5,21-23H2,1-3H3;2*(H2,1,2,3,4)/t6-,7+,8-,9-,10-,11+,12+,13+,14-,15-,16+,17+,18-,19+,20-;;/m1../s1. The van der Waals surface area contributed by atoms with Gasteiger partial charge in [0.15, 0.2) is 12.6 Å². The first-order valence-electron chi connectivity index (χ1n) is 12.8. The van der Waals surface area contributed by atoms with Crippen LogP contribution in [-0.2, 0) is 39.7 Å². The predicted octanol–water partition coefficient (Wildman–Crippen LogP) is -6.92. The number of nitrogens with two attached hydrogens (primary N) is 3. The zero-order chi connectivity index (χ0) is 34.5. The molecule has 0 aromatic rings. The minimum absolute atomic E-state index is 0.135. The van der Waals surface area contributed by atoms with Crippen LogP contribution in [0.2, 0.25) is 0 Å². The lowest BCUT2D eigenvalue weighted by atomic mass is 9.84. The van der Waals surface area contributed by atoms with Crippen LogP contribution in [0.4, 0.5) is 0 Å².